The summed E-state index contributed by atoms with van der Waals surface area (Å²) < 4.78 is 0. The molecule has 0 aromatic rings. The highest BCUT2D eigenvalue weighted by atomic mass is 15.0. The molecule has 2 N–H and O–H groups in total. The predicted molar refractivity (Wildman–Crippen MR) is 85.9 cm³/mol. The van der Waals surface area contributed by atoms with Crippen molar-refractivity contribution in [2.45, 2.75) is 96.2 Å². The van der Waals surface area contributed by atoms with Crippen molar-refractivity contribution in [3.8, 4) is 0 Å². The second-order valence-corrected chi connectivity index (χ2v) is 8.21. The van der Waals surface area contributed by atoms with Crippen molar-refractivity contribution in [2.75, 3.05) is 6.54 Å². The Balaban J connectivity index is 1.63. The molecule has 0 aromatic heterocycles. The molecule has 0 radical (unpaired) electrons. The Hall–Kier alpha value is -0.0800. The van der Waals surface area contributed by atoms with Gasteiger partial charge < -0.3 is 10.6 Å². The molecule has 3 rings (SSSR count). The van der Waals surface area contributed by atoms with Crippen LogP contribution in [0.5, 0.6) is 0 Å². The monoisotopic (exact) mass is 278 g/mol. The summed E-state index contributed by atoms with van der Waals surface area (Å²) in [6.07, 6.45) is 14.2. The fourth-order valence-electron chi connectivity index (χ4n) is 4.99. The van der Waals surface area contributed by atoms with Crippen LogP contribution in [0.2, 0.25) is 0 Å². The summed E-state index contributed by atoms with van der Waals surface area (Å²) in [7, 11) is 0. The van der Waals surface area contributed by atoms with Gasteiger partial charge in [-0.25, -0.2) is 0 Å². The summed E-state index contributed by atoms with van der Waals surface area (Å²) in [5.74, 6) is 0.893. The highest BCUT2D eigenvalue weighted by Gasteiger charge is 2.38. The second-order valence-electron chi connectivity index (χ2n) is 8.21. The van der Waals surface area contributed by atoms with E-state index in [0.717, 1.165) is 24.0 Å². The molecular formula is C18H34N2. The van der Waals surface area contributed by atoms with Gasteiger partial charge in [0.15, 0.2) is 0 Å². The molecule has 1 aliphatic heterocycles. The maximum absolute atomic E-state index is 4.14. The molecule has 116 valence electrons. The van der Waals surface area contributed by atoms with Crippen LogP contribution < -0.4 is 10.6 Å². The van der Waals surface area contributed by atoms with E-state index in [1.807, 2.05) is 0 Å². The minimum absolute atomic E-state index is 0.503. The second kappa shape index (κ2) is 6.36. The van der Waals surface area contributed by atoms with Gasteiger partial charge >= 0.3 is 0 Å². The molecule has 0 aromatic carbocycles. The van der Waals surface area contributed by atoms with Crippen molar-refractivity contribution in [3.63, 3.8) is 0 Å². The van der Waals surface area contributed by atoms with Crippen molar-refractivity contribution in [1.82, 2.24) is 10.6 Å². The van der Waals surface area contributed by atoms with Gasteiger partial charge in [-0.1, -0.05) is 39.5 Å². The van der Waals surface area contributed by atoms with Crippen LogP contribution in [-0.2, 0) is 0 Å². The Labute approximate surface area is 125 Å². The van der Waals surface area contributed by atoms with Gasteiger partial charge in [0.05, 0.1) is 0 Å². The molecule has 2 heteroatoms. The third-order valence-electron chi connectivity index (χ3n) is 6.36. The van der Waals surface area contributed by atoms with Gasteiger partial charge in [0, 0.05) is 18.1 Å². The standard InChI is InChI=1S/C18H34N2/c1-18(2)12-6-5-11-17(18)20-16-9-4-3-8-14(16)15-10-7-13-19-15/h14-17,19-20H,3-13H2,1-2H3. The smallest absolute Gasteiger partial charge is 0.0121 e. The van der Waals surface area contributed by atoms with E-state index in [1.54, 1.807) is 0 Å². The third kappa shape index (κ3) is 3.22. The van der Waals surface area contributed by atoms with Crippen LogP contribution >= 0.6 is 0 Å². The summed E-state index contributed by atoms with van der Waals surface area (Å²) in [5.41, 5.74) is 0.503. The van der Waals surface area contributed by atoms with Gasteiger partial charge in [0.2, 0.25) is 0 Å². The average molecular weight is 278 g/mol. The zero-order valence-corrected chi connectivity index (χ0v) is 13.6. The maximum atomic E-state index is 4.14. The first-order valence-electron chi connectivity index (χ1n) is 9.16. The van der Waals surface area contributed by atoms with E-state index in [4.69, 9.17) is 0 Å². The highest BCUT2D eigenvalue weighted by Crippen LogP contribution is 2.38. The van der Waals surface area contributed by atoms with Crippen molar-refractivity contribution in [1.29, 1.82) is 0 Å². The average Bonchev–Trinajstić information content (AvgIpc) is 2.95. The van der Waals surface area contributed by atoms with Crippen LogP contribution in [0.15, 0.2) is 0 Å². The largest absolute Gasteiger partial charge is 0.314 e. The lowest BCUT2D eigenvalue weighted by Crippen LogP contribution is -2.54. The van der Waals surface area contributed by atoms with E-state index in [1.165, 1.54) is 70.8 Å². The minimum Gasteiger partial charge on any atom is -0.314 e. The van der Waals surface area contributed by atoms with Crippen molar-refractivity contribution < 1.29 is 0 Å². The zero-order valence-electron chi connectivity index (χ0n) is 13.6. The number of hydrogen-bond acceptors (Lipinski definition) is 2. The Morgan fingerprint density at radius 1 is 0.900 bits per heavy atom. The van der Waals surface area contributed by atoms with E-state index in [0.29, 0.717) is 5.41 Å². The molecule has 2 saturated carbocycles. The summed E-state index contributed by atoms with van der Waals surface area (Å²) in [4.78, 5) is 0. The Morgan fingerprint density at radius 3 is 2.45 bits per heavy atom. The predicted octanol–water partition coefficient (Wildman–Crippen LogP) is 3.86. The molecule has 1 saturated heterocycles. The summed E-state index contributed by atoms with van der Waals surface area (Å²) in [6, 6.07) is 2.34. The zero-order chi connectivity index (χ0) is 14.0. The van der Waals surface area contributed by atoms with E-state index >= 15 is 0 Å². The SMILES string of the molecule is CC1(C)CCCCC1NC1CCCCC1C1CCCN1. The number of nitrogens with one attached hydrogen (secondary N) is 2. The van der Waals surface area contributed by atoms with Crippen molar-refractivity contribution >= 4 is 0 Å². The molecule has 0 spiro atoms. The molecule has 20 heavy (non-hydrogen) atoms. The number of rotatable bonds is 3. The fourth-order valence-corrected chi connectivity index (χ4v) is 4.99. The first kappa shape index (κ1) is 14.8. The van der Waals surface area contributed by atoms with Crippen LogP contribution in [0, 0.1) is 11.3 Å². The van der Waals surface area contributed by atoms with Gasteiger partial charge in [-0.05, 0) is 56.4 Å². The highest BCUT2D eigenvalue weighted by molar-refractivity contribution is 4.96. The Morgan fingerprint density at radius 2 is 1.70 bits per heavy atom. The van der Waals surface area contributed by atoms with Crippen LogP contribution in [0.25, 0.3) is 0 Å². The van der Waals surface area contributed by atoms with Crippen LogP contribution in [0.4, 0.5) is 0 Å². The van der Waals surface area contributed by atoms with Gasteiger partial charge in [-0.2, -0.15) is 0 Å². The fraction of sp³-hybridized carbons (Fsp3) is 1.00. The molecule has 0 bridgehead atoms. The lowest BCUT2D eigenvalue weighted by Gasteiger charge is -2.45. The molecule has 2 aliphatic carbocycles. The van der Waals surface area contributed by atoms with Gasteiger partial charge in [0.25, 0.3) is 0 Å². The quantitative estimate of drug-likeness (QED) is 0.819. The number of hydrogen-bond donors (Lipinski definition) is 2. The van der Waals surface area contributed by atoms with Crippen LogP contribution in [0.1, 0.15) is 78.1 Å². The summed E-state index contributed by atoms with van der Waals surface area (Å²) in [5, 5.41) is 7.91. The van der Waals surface area contributed by atoms with Gasteiger partial charge in [-0.3, -0.25) is 0 Å². The molecule has 3 aliphatic rings. The lowest BCUT2D eigenvalue weighted by atomic mass is 9.71. The lowest BCUT2D eigenvalue weighted by molar-refractivity contribution is 0.118. The Bertz CT molecular complexity index is 307. The first-order valence-corrected chi connectivity index (χ1v) is 9.16. The topological polar surface area (TPSA) is 24.1 Å². The van der Waals surface area contributed by atoms with E-state index in [-0.39, 0.29) is 0 Å². The van der Waals surface area contributed by atoms with Gasteiger partial charge in [-0.15, -0.1) is 0 Å². The van der Waals surface area contributed by atoms with E-state index < -0.39 is 0 Å². The van der Waals surface area contributed by atoms with Crippen LogP contribution in [-0.4, -0.2) is 24.7 Å². The summed E-state index contributed by atoms with van der Waals surface area (Å²) in [6.45, 7) is 6.22. The first-order chi connectivity index (χ1) is 9.67. The Kier molecular flexibility index (Phi) is 4.72. The molecule has 0 amide bonds. The minimum atomic E-state index is 0.503. The normalized spacial score (nSPS) is 41.7. The molecule has 4 unspecified atom stereocenters. The third-order valence-corrected chi connectivity index (χ3v) is 6.36. The van der Waals surface area contributed by atoms with Crippen molar-refractivity contribution in [3.05, 3.63) is 0 Å². The molecule has 4 atom stereocenters. The maximum Gasteiger partial charge on any atom is 0.0121 e. The van der Waals surface area contributed by atoms with Gasteiger partial charge in [0.1, 0.15) is 0 Å². The molecule has 1 heterocycles. The van der Waals surface area contributed by atoms with E-state index in [2.05, 4.69) is 24.5 Å². The summed E-state index contributed by atoms with van der Waals surface area (Å²) >= 11 is 0. The van der Waals surface area contributed by atoms with Crippen molar-refractivity contribution in [2.24, 2.45) is 11.3 Å². The van der Waals surface area contributed by atoms with E-state index in [9.17, 15) is 0 Å². The molecule has 2 nitrogen and oxygen atoms in total. The molecule has 3 fully saturated rings. The van der Waals surface area contributed by atoms with Crippen LogP contribution in [0.3, 0.4) is 0 Å². The molecular weight excluding hydrogens is 244 g/mol.